The first-order valence-corrected chi connectivity index (χ1v) is 7.65. The molecule has 1 aromatic carbocycles. The molecule has 1 saturated heterocycles. The molecule has 108 valence electrons. The number of rotatable bonds is 2. The lowest BCUT2D eigenvalue weighted by Gasteiger charge is -2.25. The van der Waals surface area contributed by atoms with E-state index in [0.29, 0.717) is 11.4 Å². The summed E-state index contributed by atoms with van der Waals surface area (Å²) in [6.45, 7) is 1.84. The van der Waals surface area contributed by atoms with Gasteiger partial charge in [-0.15, -0.1) is 11.8 Å². The van der Waals surface area contributed by atoms with E-state index in [4.69, 9.17) is 0 Å². The van der Waals surface area contributed by atoms with Crippen molar-refractivity contribution in [3.05, 3.63) is 42.2 Å². The van der Waals surface area contributed by atoms with Crippen LogP contribution in [0.25, 0.3) is 10.8 Å². The standard InChI is InChI=1S/C15H14N2O3S/c1-9-17(12(8-21-9)15(19)20)14(18)13-11-5-3-2-4-10(11)6-7-16-13/h2-7,9,12H,8H2,1H3,(H,19,20). The largest absolute Gasteiger partial charge is 0.480 e. The zero-order valence-electron chi connectivity index (χ0n) is 11.4. The quantitative estimate of drug-likeness (QED) is 0.921. The van der Waals surface area contributed by atoms with Gasteiger partial charge in [0, 0.05) is 17.3 Å². The van der Waals surface area contributed by atoms with Crippen molar-refractivity contribution in [2.75, 3.05) is 5.75 Å². The maximum Gasteiger partial charge on any atom is 0.327 e. The highest BCUT2D eigenvalue weighted by atomic mass is 32.2. The summed E-state index contributed by atoms with van der Waals surface area (Å²) in [6.07, 6.45) is 1.58. The number of carbonyl (C=O) groups excluding carboxylic acids is 1. The van der Waals surface area contributed by atoms with Gasteiger partial charge in [0.2, 0.25) is 0 Å². The monoisotopic (exact) mass is 302 g/mol. The van der Waals surface area contributed by atoms with Crippen LogP contribution in [0.4, 0.5) is 0 Å². The first-order valence-electron chi connectivity index (χ1n) is 6.60. The fraction of sp³-hybridized carbons (Fsp3) is 0.267. The Morgan fingerprint density at radius 1 is 1.33 bits per heavy atom. The van der Waals surface area contributed by atoms with Crippen molar-refractivity contribution in [2.45, 2.75) is 18.3 Å². The van der Waals surface area contributed by atoms with Crippen molar-refractivity contribution >= 4 is 34.4 Å². The molecule has 3 rings (SSSR count). The van der Waals surface area contributed by atoms with E-state index >= 15 is 0 Å². The lowest BCUT2D eigenvalue weighted by molar-refractivity contribution is -0.141. The molecule has 2 heterocycles. The van der Waals surface area contributed by atoms with Gasteiger partial charge in [0.25, 0.3) is 5.91 Å². The lowest BCUT2D eigenvalue weighted by atomic mass is 10.1. The number of pyridine rings is 1. The maximum absolute atomic E-state index is 12.8. The molecule has 2 unspecified atom stereocenters. The van der Waals surface area contributed by atoms with Crippen LogP contribution in [0, 0.1) is 0 Å². The van der Waals surface area contributed by atoms with Gasteiger partial charge in [0.15, 0.2) is 0 Å². The van der Waals surface area contributed by atoms with E-state index in [1.807, 2.05) is 37.3 Å². The van der Waals surface area contributed by atoms with Crippen LogP contribution in [0.1, 0.15) is 17.4 Å². The lowest BCUT2D eigenvalue weighted by Crippen LogP contribution is -2.45. The minimum absolute atomic E-state index is 0.167. The molecule has 1 aliphatic heterocycles. The number of carboxylic acids is 1. The SMILES string of the molecule is CC1SCC(C(=O)O)N1C(=O)c1nccc2ccccc12. The Morgan fingerprint density at radius 2 is 2.10 bits per heavy atom. The van der Waals surface area contributed by atoms with Crippen LogP contribution < -0.4 is 0 Å². The van der Waals surface area contributed by atoms with Gasteiger partial charge in [-0.3, -0.25) is 9.78 Å². The third-order valence-electron chi connectivity index (χ3n) is 3.62. The Bertz CT molecular complexity index is 714. The van der Waals surface area contributed by atoms with Crippen molar-refractivity contribution in [1.29, 1.82) is 0 Å². The van der Waals surface area contributed by atoms with Gasteiger partial charge >= 0.3 is 5.97 Å². The summed E-state index contributed by atoms with van der Waals surface area (Å²) in [5.41, 5.74) is 0.314. The molecular weight excluding hydrogens is 288 g/mol. The van der Waals surface area contributed by atoms with E-state index in [9.17, 15) is 14.7 Å². The van der Waals surface area contributed by atoms with Crippen molar-refractivity contribution in [3.63, 3.8) is 0 Å². The number of carboxylic acid groups (broad SMARTS) is 1. The first kappa shape index (κ1) is 13.9. The van der Waals surface area contributed by atoms with Crippen LogP contribution in [0.3, 0.4) is 0 Å². The molecular formula is C15H14N2O3S. The molecule has 21 heavy (non-hydrogen) atoms. The summed E-state index contributed by atoms with van der Waals surface area (Å²) in [4.78, 5) is 29.7. The Hall–Kier alpha value is -2.08. The number of thioether (sulfide) groups is 1. The molecule has 0 spiro atoms. The molecule has 1 fully saturated rings. The zero-order valence-corrected chi connectivity index (χ0v) is 12.2. The van der Waals surface area contributed by atoms with E-state index in [2.05, 4.69) is 4.98 Å². The Labute approximate surface area is 126 Å². The van der Waals surface area contributed by atoms with Crippen LogP contribution >= 0.6 is 11.8 Å². The fourth-order valence-corrected chi connectivity index (χ4v) is 3.72. The molecule has 0 saturated carbocycles. The van der Waals surface area contributed by atoms with E-state index in [1.165, 1.54) is 16.7 Å². The molecule has 0 radical (unpaired) electrons. The summed E-state index contributed by atoms with van der Waals surface area (Å²) >= 11 is 1.47. The molecule has 2 aromatic rings. The minimum atomic E-state index is -0.972. The third-order valence-corrected chi connectivity index (χ3v) is 4.84. The van der Waals surface area contributed by atoms with E-state index in [0.717, 1.165) is 10.8 Å². The molecule has 1 aromatic heterocycles. The average molecular weight is 302 g/mol. The number of aromatic nitrogens is 1. The van der Waals surface area contributed by atoms with Gasteiger partial charge in [-0.05, 0) is 18.4 Å². The molecule has 1 N–H and O–H groups in total. The Balaban J connectivity index is 2.06. The van der Waals surface area contributed by atoms with Crippen molar-refractivity contribution in [1.82, 2.24) is 9.88 Å². The van der Waals surface area contributed by atoms with Gasteiger partial charge in [0.05, 0.1) is 5.37 Å². The van der Waals surface area contributed by atoms with Crippen LogP contribution in [-0.4, -0.2) is 44.0 Å². The summed E-state index contributed by atoms with van der Waals surface area (Å²) < 4.78 is 0. The molecule has 5 nitrogen and oxygen atoms in total. The number of nitrogens with zero attached hydrogens (tertiary/aromatic N) is 2. The highest BCUT2D eigenvalue weighted by molar-refractivity contribution is 8.00. The molecule has 0 aliphatic carbocycles. The number of hydrogen-bond donors (Lipinski definition) is 1. The number of fused-ring (bicyclic) bond motifs is 1. The van der Waals surface area contributed by atoms with E-state index in [1.54, 1.807) is 6.20 Å². The normalized spacial score (nSPS) is 21.7. The third kappa shape index (κ3) is 2.35. The highest BCUT2D eigenvalue weighted by Crippen LogP contribution is 2.31. The molecule has 2 atom stereocenters. The van der Waals surface area contributed by atoms with Gasteiger partial charge in [-0.1, -0.05) is 24.3 Å². The van der Waals surface area contributed by atoms with Gasteiger partial charge in [-0.25, -0.2) is 4.79 Å². The van der Waals surface area contributed by atoms with Crippen LogP contribution in [0.2, 0.25) is 0 Å². The van der Waals surface area contributed by atoms with E-state index in [-0.39, 0.29) is 11.3 Å². The van der Waals surface area contributed by atoms with Gasteiger partial charge < -0.3 is 10.0 Å². The highest BCUT2D eigenvalue weighted by Gasteiger charge is 2.40. The van der Waals surface area contributed by atoms with Crippen LogP contribution in [-0.2, 0) is 4.79 Å². The first-order chi connectivity index (χ1) is 10.1. The van der Waals surface area contributed by atoms with Crippen molar-refractivity contribution in [2.24, 2.45) is 0 Å². The number of benzene rings is 1. The second-order valence-corrected chi connectivity index (χ2v) is 6.23. The smallest absolute Gasteiger partial charge is 0.327 e. The predicted octanol–water partition coefficient (Wildman–Crippen LogP) is 2.22. The summed E-state index contributed by atoms with van der Waals surface area (Å²) in [5, 5.41) is 10.8. The van der Waals surface area contributed by atoms with Crippen LogP contribution in [0.5, 0.6) is 0 Å². The number of carbonyl (C=O) groups is 2. The summed E-state index contributed by atoms with van der Waals surface area (Å²) in [7, 11) is 0. The summed E-state index contributed by atoms with van der Waals surface area (Å²) in [5.74, 6) is -0.885. The molecule has 0 bridgehead atoms. The Kier molecular flexibility index (Phi) is 3.55. The topological polar surface area (TPSA) is 70.5 Å². The van der Waals surface area contributed by atoms with Gasteiger partial charge in [0.1, 0.15) is 11.7 Å². The average Bonchev–Trinajstić information content (AvgIpc) is 2.88. The summed E-state index contributed by atoms with van der Waals surface area (Å²) in [6, 6.07) is 8.52. The molecule has 1 aliphatic rings. The second-order valence-electron chi connectivity index (χ2n) is 4.88. The van der Waals surface area contributed by atoms with Crippen molar-refractivity contribution in [3.8, 4) is 0 Å². The fourth-order valence-electron chi connectivity index (χ4n) is 2.55. The number of aliphatic carboxylic acids is 1. The minimum Gasteiger partial charge on any atom is -0.480 e. The van der Waals surface area contributed by atoms with Crippen LogP contribution in [0.15, 0.2) is 36.5 Å². The zero-order chi connectivity index (χ0) is 15.0. The number of amides is 1. The molecule has 1 amide bonds. The van der Waals surface area contributed by atoms with Crippen molar-refractivity contribution < 1.29 is 14.7 Å². The van der Waals surface area contributed by atoms with E-state index < -0.39 is 12.0 Å². The molecule has 6 heteroatoms. The number of hydrogen-bond acceptors (Lipinski definition) is 4. The maximum atomic E-state index is 12.8. The second kappa shape index (κ2) is 5.37. The Morgan fingerprint density at radius 3 is 2.86 bits per heavy atom. The van der Waals surface area contributed by atoms with Gasteiger partial charge in [-0.2, -0.15) is 0 Å². The predicted molar refractivity (Wildman–Crippen MR) is 81.3 cm³/mol.